The van der Waals surface area contributed by atoms with Gasteiger partial charge in [0.15, 0.2) is 0 Å². The van der Waals surface area contributed by atoms with Crippen molar-refractivity contribution in [2.45, 2.75) is 38.0 Å². The highest BCUT2D eigenvalue weighted by atomic mass is 16.7. The molecule has 0 atom stereocenters. The predicted octanol–water partition coefficient (Wildman–Crippen LogP) is 3.30. The molecule has 32 heavy (non-hydrogen) atoms. The third-order valence-electron chi connectivity index (χ3n) is 5.62. The van der Waals surface area contributed by atoms with Gasteiger partial charge in [-0.1, -0.05) is 48.5 Å². The molecule has 1 fully saturated rings. The van der Waals surface area contributed by atoms with Gasteiger partial charge in [0.1, 0.15) is 6.61 Å². The molecule has 4 rings (SSSR count). The van der Waals surface area contributed by atoms with E-state index in [2.05, 4.69) is 29.6 Å². The number of unbranched alkanes of at least 4 members (excludes halogenated alkanes) is 1. The summed E-state index contributed by atoms with van der Waals surface area (Å²) >= 11 is 0. The molecule has 1 heterocycles. The summed E-state index contributed by atoms with van der Waals surface area (Å²) in [6.07, 6.45) is 0.637. The quantitative estimate of drug-likeness (QED) is 0.503. The molecule has 0 radical (unpaired) electrons. The number of rotatable bonds is 8. The van der Waals surface area contributed by atoms with Crippen molar-refractivity contribution in [1.82, 2.24) is 10.4 Å². The molecule has 2 aromatic carbocycles. The van der Waals surface area contributed by atoms with Crippen molar-refractivity contribution in [3.05, 3.63) is 59.7 Å². The van der Waals surface area contributed by atoms with Gasteiger partial charge in [-0.3, -0.25) is 9.59 Å². The molecule has 1 aliphatic carbocycles. The highest BCUT2D eigenvalue weighted by Crippen LogP contribution is 2.44. The maximum Gasteiger partial charge on any atom is 0.407 e. The Labute approximate surface area is 185 Å². The fraction of sp³-hybridized carbons (Fsp3) is 0.333. The third kappa shape index (κ3) is 4.64. The van der Waals surface area contributed by atoms with Crippen LogP contribution in [0.1, 0.15) is 49.1 Å². The van der Waals surface area contributed by atoms with Crippen LogP contribution in [0.5, 0.6) is 0 Å². The minimum absolute atomic E-state index is 0.000992. The highest BCUT2D eigenvalue weighted by Gasteiger charge is 2.32. The zero-order valence-corrected chi connectivity index (χ0v) is 17.5. The van der Waals surface area contributed by atoms with Crippen LogP contribution >= 0.6 is 0 Å². The Morgan fingerprint density at radius 1 is 0.906 bits per heavy atom. The molecule has 1 saturated heterocycles. The molecule has 166 valence electrons. The average Bonchev–Trinajstić information content (AvgIpc) is 3.29. The summed E-state index contributed by atoms with van der Waals surface area (Å²) in [5, 5.41) is 3.22. The van der Waals surface area contributed by atoms with Crippen LogP contribution in [0.15, 0.2) is 48.5 Å². The van der Waals surface area contributed by atoms with Gasteiger partial charge in [-0.05, 0) is 35.1 Å². The zero-order valence-electron chi connectivity index (χ0n) is 17.5. The summed E-state index contributed by atoms with van der Waals surface area (Å²) in [5.74, 6) is -1.64. The van der Waals surface area contributed by atoms with Crippen LogP contribution in [-0.4, -0.2) is 42.1 Å². The summed E-state index contributed by atoms with van der Waals surface area (Å²) in [4.78, 5) is 51.5. The topological polar surface area (TPSA) is 102 Å². The Morgan fingerprint density at radius 2 is 1.50 bits per heavy atom. The molecule has 2 aromatic rings. The minimum atomic E-state index is -0.644. The maximum atomic E-state index is 12.1. The third-order valence-corrected chi connectivity index (χ3v) is 5.62. The first-order valence-electron chi connectivity index (χ1n) is 10.7. The molecule has 1 N–H and O–H groups in total. The lowest BCUT2D eigenvalue weighted by Gasteiger charge is -2.14. The Morgan fingerprint density at radius 3 is 2.12 bits per heavy atom. The molecule has 3 amide bonds. The lowest BCUT2D eigenvalue weighted by atomic mass is 9.98. The van der Waals surface area contributed by atoms with Crippen LogP contribution in [0.2, 0.25) is 0 Å². The normalized spacial score (nSPS) is 14.8. The number of nitrogens with zero attached hydrogens (tertiary/aromatic N) is 1. The first-order valence-corrected chi connectivity index (χ1v) is 10.7. The van der Waals surface area contributed by atoms with Crippen LogP contribution in [-0.2, 0) is 24.0 Å². The van der Waals surface area contributed by atoms with E-state index < -0.39 is 23.9 Å². The number of hydrogen-bond donors (Lipinski definition) is 1. The van der Waals surface area contributed by atoms with Gasteiger partial charge < -0.3 is 14.9 Å². The number of carbonyl (C=O) groups is 4. The average molecular weight is 436 g/mol. The molecular formula is C24H24N2O6. The van der Waals surface area contributed by atoms with Gasteiger partial charge in [0.25, 0.3) is 11.8 Å². The summed E-state index contributed by atoms with van der Waals surface area (Å²) in [6.45, 7) is 0.579. The Kier molecular flexibility index (Phi) is 6.49. The van der Waals surface area contributed by atoms with Gasteiger partial charge in [-0.25, -0.2) is 9.59 Å². The summed E-state index contributed by atoms with van der Waals surface area (Å²) in [7, 11) is 0. The minimum Gasteiger partial charge on any atom is -0.449 e. The molecule has 0 spiro atoms. The van der Waals surface area contributed by atoms with E-state index in [1.165, 1.54) is 11.1 Å². The van der Waals surface area contributed by atoms with Gasteiger partial charge in [0.2, 0.25) is 0 Å². The zero-order chi connectivity index (χ0) is 22.5. The van der Waals surface area contributed by atoms with Crippen molar-refractivity contribution >= 4 is 23.9 Å². The molecule has 8 heteroatoms. The largest absolute Gasteiger partial charge is 0.449 e. The van der Waals surface area contributed by atoms with Gasteiger partial charge in [-0.15, -0.1) is 5.06 Å². The maximum absolute atomic E-state index is 12.1. The number of alkyl carbamates (subject to hydrolysis) is 1. The van der Waals surface area contributed by atoms with Crippen LogP contribution in [0.4, 0.5) is 4.79 Å². The number of benzene rings is 2. The number of hydroxylamine groups is 2. The van der Waals surface area contributed by atoms with Gasteiger partial charge >= 0.3 is 12.1 Å². The monoisotopic (exact) mass is 436 g/mol. The van der Waals surface area contributed by atoms with Crippen molar-refractivity contribution in [3.63, 3.8) is 0 Å². The standard InChI is InChI=1S/C24H24N2O6/c27-21-12-13-22(28)26(21)32-23(29)11-5-6-14-25-24(30)31-15-20-18-9-3-1-7-16(18)17-8-2-4-10-19(17)20/h1-4,7-10,20H,5-6,11-15H2,(H,25,30). The van der Waals surface area contributed by atoms with E-state index in [0.29, 0.717) is 24.4 Å². The summed E-state index contributed by atoms with van der Waals surface area (Å²) in [5.41, 5.74) is 4.63. The van der Waals surface area contributed by atoms with E-state index in [1.54, 1.807) is 0 Å². The van der Waals surface area contributed by atoms with E-state index in [9.17, 15) is 19.2 Å². The van der Waals surface area contributed by atoms with Gasteiger partial charge in [0, 0.05) is 31.7 Å². The summed E-state index contributed by atoms with van der Waals surface area (Å²) in [6, 6.07) is 16.2. The molecule has 0 aromatic heterocycles. The molecule has 2 aliphatic rings. The molecule has 0 saturated carbocycles. The van der Waals surface area contributed by atoms with Crippen molar-refractivity contribution in [2.24, 2.45) is 0 Å². The van der Waals surface area contributed by atoms with E-state index in [1.807, 2.05) is 24.3 Å². The SMILES string of the molecule is O=C(CCCCNC(=O)OCC1c2ccccc2-c2ccccc21)ON1C(=O)CCC1=O. The number of carbonyl (C=O) groups excluding carboxylic acids is 4. The second-order valence-corrected chi connectivity index (χ2v) is 7.75. The van der Waals surface area contributed by atoms with E-state index >= 15 is 0 Å². The highest BCUT2D eigenvalue weighted by molar-refractivity contribution is 6.01. The number of nitrogens with one attached hydrogen (secondary N) is 1. The first-order chi connectivity index (χ1) is 15.5. The van der Waals surface area contributed by atoms with Gasteiger partial charge in [0.05, 0.1) is 0 Å². The van der Waals surface area contributed by atoms with Crippen LogP contribution in [0.25, 0.3) is 11.1 Å². The first kappa shape index (κ1) is 21.5. The van der Waals surface area contributed by atoms with E-state index in [-0.39, 0.29) is 31.8 Å². The number of hydrogen-bond acceptors (Lipinski definition) is 6. The van der Waals surface area contributed by atoms with Crippen LogP contribution < -0.4 is 5.32 Å². The molecule has 1 aliphatic heterocycles. The Hall–Kier alpha value is -3.68. The number of amides is 3. The molecule has 0 unspecified atom stereocenters. The Balaban J connectivity index is 1.17. The van der Waals surface area contributed by atoms with Crippen molar-refractivity contribution in [1.29, 1.82) is 0 Å². The van der Waals surface area contributed by atoms with Crippen molar-refractivity contribution in [3.8, 4) is 11.1 Å². The van der Waals surface area contributed by atoms with E-state index in [0.717, 1.165) is 11.1 Å². The second-order valence-electron chi connectivity index (χ2n) is 7.75. The lowest BCUT2D eigenvalue weighted by Crippen LogP contribution is -2.32. The smallest absolute Gasteiger partial charge is 0.407 e. The number of ether oxygens (including phenoxy) is 1. The lowest BCUT2D eigenvalue weighted by molar-refractivity contribution is -0.197. The van der Waals surface area contributed by atoms with Crippen molar-refractivity contribution < 1.29 is 28.8 Å². The van der Waals surface area contributed by atoms with Gasteiger partial charge in [-0.2, -0.15) is 0 Å². The Bertz CT molecular complexity index is 989. The molecule has 0 bridgehead atoms. The fourth-order valence-electron chi connectivity index (χ4n) is 4.04. The van der Waals surface area contributed by atoms with Crippen LogP contribution in [0, 0.1) is 0 Å². The number of imide groups is 1. The fourth-order valence-corrected chi connectivity index (χ4v) is 4.04. The van der Waals surface area contributed by atoms with Crippen molar-refractivity contribution in [2.75, 3.05) is 13.2 Å². The molecular weight excluding hydrogens is 412 g/mol. The number of fused-ring (bicyclic) bond motifs is 3. The summed E-state index contributed by atoms with van der Waals surface area (Å²) < 4.78 is 5.46. The predicted molar refractivity (Wildman–Crippen MR) is 114 cm³/mol. The van der Waals surface area contributed by atoms with E-state index in [4.69, 9.17) is 9.57 Å². The second kappa shape index (κ2) is 9.64. The van der Waals surface area contributed by atoms with Crippen LogP contribution in [0.3, 0.4) is 0 Å². The molecule has 8 nitrogen and oxygen atoms in total.